The summed E-state index contributed by atoms with van der Waals surface area (Å²) < 4.78 is 22.9. The molecule has 1 N–H and O–H groups in total. The zero-order valence-electron chi connectivity index (χ0n) is 54.6. The summed E-state index contributed by atoms with van der Waals surface area (Å²) in [5.41, 5.74) is 0. The lowest BCUT2D eigenvalue weighted by atomic mass is 10.0. The minimum atomic E-state index is -1.53. The van der Waals surface area contributed by atoms with Gasteiger partial charge in [0.2, 0.25) is 0 Å². The molecule has 0 aromatic heterocycles. The molecule has 9 heteroatoms. The number of carbonyl (C=O) groups excluding carboxylic acids is 2. The zero-order valence-corrected chi connectivity index (χ0v) is 54.6. The summed E-state index contributed by atoms with van der Waals surface area (Å²) in [5.74, 6) is -2.05. The lowest BCUT2D eigenvalue weighted by Gasteiger charge is -2.25. The minimum absolute atomic E-state index is 0.177. The number of rotatable bonds is 63. The SMILES string of the molecule is CC/C=C\C/C=C\C/C=C\C/C=C\C/C=C\C/C=C\C/C=C\CCCCCC(=O)OC(COC(=O)CCCCCCCCCCCCCCCCCCCCCCC/C=C\CCCCCCCCCC)COC(OCC[N+](C)(C)C)C(=O)O. The third-order valence-electron chi connectivity index (χ3n) is 14.8. The summed E-state index contributed by atoms with van der Waals surface area (Å²) in [6.45, 7) is 4.75. The molecule has 0 aromatic rings. The Balaban J connectivity index is 4.15. The third-order valence-corrected chi connectivity index (χ3v) is 14.8. The van der Waals surface area contributed by atoms with Crippen LogP contribution < -0.4 is 0 Å². The maximum Gasteiger partial charge on any atom is 0.361 e. The molecule has 83 heavy (non-hydrogen) atoms. The van der Waals surface area contributed by atoms with Crippen molar-refractivity contribution in [3.05, 3.63) is 97.2 Å². The second-order valence-corrected chi connectivity index (χ2v) is 24.1. The zero-order chi connectivity index (χ0) is 60.5. The summed E-state index contributed by atoms with van der Waals surface area (Å²) in [6.07, 6.45) is 85.3. The van der Waals surface area contributed by atoms with Crippen molar-refractivity contribution >= 4 is 17.9 Å². The van der Waals surface area contributed by atoms with Crippen LogP contribution in [0.2, 0.25) is 0 Å². The number of allylic oxidation sites excluding steroid dienone is 16. The van der Waals surface area contributed by atoms with Crippen molar-refractivity contribution in [2.75, 3.05) is 47.5 Å². The largest absolute Gasteiger partial charge is 0.477 e. The van der Waals surface area contributed by atoms with Crippen LogP contribution in [-0.4, -0.2) is 87.4 Å². The standard InChI is InChI=1S/C74H129NO8/c1-6-8-10-12-14-16-18-20-22-24-26-28-30-32-33-34-35-36-37-38-39-41-42-44-46-48-50-52-54-56-58-60-62-64-71(76)81-68-70(69-82-74(73(78)79)80-67-66-75(3,4)5)83-72(77)65-63-61-59-57-55-53-51-49-47-45-43-40-31-29-27-25-23-21-19-17-15-13-11-9-7-2/h9,11,15,17,21,23-24,26-27,29,40,43,47,49,53,55,70,74H,6-8,10,12-14,16,18-20,22,25,28,30-39,41-42,44-46,48,50-52,54,56-69H2,1-5H3/p+1/b11-9-,17-15-,23-21-,26-24-,29-27-,43-40-,49-47-,55-53-. The highest BCUT2D eigenvalue weighted by atomic mass is 16.7. The van der Waals surface area contributed by atoms with Crippen LogP contribution in [0, 0.1) is 0 Å². The monoisotopic (exact) mass is 1160 g/mol. The van der Waals surface area contributed by atoms with E-state index in [2.05, 4.69) is 111 Å². The van der Waals surface area contributed by atoms with Gasteiger partial charge in [0.15, 0.2) is 6.10 Å². The second-order valence-electron chi connectivity index (χ2n) is 24.1. The van der Waals surface area contributed by atoms with E-state index in [4.69, 9.17) is 18.9 Å². The number of ether oxygens (including phenoxy) is 4. The number of quaternary nitrogens is 1. The summed E-state index contributed by atoms with van der Waals surface area (Å²) in [7, 11) is 5.96. The van der Waals surface area contributed by atoms with Gasteiger partial charge in [0.25, 0.3) is 6.29 Å². The van der Waals surface area contributed by atoms with Gasteiger partial charge in [0, 0.05) is 12.8 Å². The first-order valence-electron chi connectivity index (χ1n) is 34.4. The van der Waals surface area contributed by atoms with Crippen LogP contribution in [-0.2, 0) is 33.3 Å². The van der Waals surface area contributed by atoms with E-state index in [1.54, 1.807) is 0 Å². The van der Waals surface area contributed by atoms with Crippen LogP contribution >= 0.6 is 0 Å². The van der Waals surface area contributed by atoms with Crippen LogP contribution in [0.15, 0.2) is 97.2 Å². The molecule has 0 aromatic carbocycles. The molecule has 2 unspecified atom stereocenters. The maximum absolute atomic E-state index is 12.9. The molecule has 0 saturated carbocycles. The second kappa shape index (κ2) is 64.2. The quantitative estimate of drug-likeness (QED) is 0.0211. The van der Waals surface area contributed by atoms with Gasteiger partial charge in [0.05, 0.1) is 34.4 Å². The fourth-order valence-corrected chi connectivity index (χ4v) is 9.58. The Labute approximate surface area is 512 Å². The Hall–Kier alpha value is -3.79. The van der Waals surface area contributed by atoms with E-state index in [0.717, 1.165) is 83.5 Å². The predicted molar refractivity (Wildman–Crippen MR) is 355 cm³/mol. The molecule has 0 aliphatic carbocycles. The summed E-state index contributed by atoms with van der Waals surface area (Å²) in [4.78, 5) is 37.6. The van der Waals surface area contributed by atoms with Crippen LogP contribution in [0.25, 0.3) is 0 Å². The first-order chi connectivity index (χ1) is 40.6. The predicted octanol–water partition coefficient (Wildman–Crippen LogP) is 21.2. The van der Waals surface area contributed by atoms with Crippen LogP contribution in [0.3, 0.4) is 0 Å². The highest BCUT2D eigenvalue weighted by Gasteiger charge is 2.25. The molecule has 0 bridgehead atoms. The van der Waals surface area contributed by atoms with Gasteiger partial charge in [-0.3, -0.25) is 9.59 Å². The van der Waals surface area contributed by atoms with Gasteiger partial charge in [0.1, 0.15) is 13.2 Å². The maximum atomic E-state index is 12.9. The number of likely N-dealkylation sites (N-methyl/N-ethyl adjacent to an activating group) is 1. The molecule has 0 rings (SSSR count). The van der Waals surface area contributed by atoms with Gasteiger partial charge in [-0.2, -0.15) is 0 Å². The van der Waals surface area contributed by atoms with Gasteiger partial charge >= 0.3 is 17.9 Å². The van der Waals surface area contributed by atoms with Crippen molar-refractivity contribution in [3.8, 4) is 0 Å². The molecule has 0 heterocycles. The van der Waals surface area contributed by atoms with Gasteiger partial charge < -0.3 is 28.5 Å². The lowest BCUT2D eigenvalue weighted by molar-refractivity contribution is -0.870. The smallest absolute Gasteiger partial charge is 0.361 e. The molecule has 0 fully saturated rings. The fraction of sp³-hybridized carbons (Fsp3) is 0.743. The van der Waals surface area contributed by atoms with Crippen molar-refractivity contribution in [1.82, 2.24) is 0 Å². The molecule has 0 amide bonds. The summed E-state index contributed by atoms with van der Waals surface area (Å²) in [5, 5.41) is 9.73. The molecule has 0 spiro atoms. The van der Waals surface area contributed by atoms with Crippen molar-refractivity contribution in [3.63, 3.8) is 0 Å². The van der Waals surface area contributed by atoms with Crippen LogP contribution in [0.4, 0.5) is 0 Å². The number of hydrogen-bond acceptors (Lipinski definition) is 7. The number of nitrogens with zero attached hydrogens (tertiary/aromatic N) is 1. The lowest BCUT2D eigenvalue weighted by Crippen LogP contribution is -2.40. The van der Waals surface area contributed by atoms with E-state index in [0.29, 0.717) is 23.9 Å². The number of aliphatic carboxylic acids is 1. The summed E-state index contributed by atoms with van der Waals surface area (Å²) in [6, 6.07) is 0. The van der Waals surface area contributed by atoms with Crippen molar-refractivity contribution in [1.29, 1.82) is 0 Å². The Kier molecular flexibility index (Phi) is 61.3. The van der Waals surface area contributed by atoms with E-state index in [9.17, 15) is 19.5 Å². The fourth-order valence-electron chi connectivity index (χ4n) is 9.58. The number of carboxylic acids is 1. The number of carboxylic acid groups (broad SMARTS) is 1. The Morgan fingerprint density at radius 1 is 0.373 bits per heavy atom. The molecule has 478 valence electrons. The normalized spacial score (nSPS) is 13.3. The van der Waals surface area contributed by atoms with Crippen molar-refractivity contribution in [2.24, 2.45) is 0 Å². The highest BCUT2D eigenvalue weighted by molar-refractivity contribution is 5.71. The van der Waals surface area contributed by atoms with Crippen LogP contribution in [0.1, 0.15) is 296 Å². The molecular weight excluding hydrogens is 1030 g/mol. The Morgan fingerprint density at radius 3 is 1.05 bits per heavy atom. The van der Waals surface area contributed by atoms with Crippen molar-refractivity contribution < 1.29 is 42.9 Å². The first kappa shape index (κ1) is 79.2. The number of unbranched alkanes of at least 4 members (excludes halogenated alkanes) is 32. The topological polar surface area (TPSA) is 108 Å². The average Bonchev–Trinajstić information content (AvgIpc) is 3.46. The van der Waals surface area contributed by atoms with E-state index >= 15 is 0 Å². The third kappa shape index (κ3) is 65.6. The Morgan fingerprint density at radius 2 is 0.687 bits per heavy atom. The summed E-state index contributed by atoms with van der Waals surface area (Å²) >= 11 is 0. The van der Waals surface area contributed by atoms with E-state index in [1.165, 1.54) is 180 Å². The van der Waals surface area contributed by atoms with Gasteiger partial charge in [-0.1, -0.05) is 284 Å². The van der Waals surface area contributed by atoms with Gasteiger partial charge in [-0.25, -0.2) is 4.79 Å². The first-order valence-corrected chi connectivity index (χ1v) is 34.4. The molecule has 2 atom stereocenters. The number of hydrogen-bond donors (Lipinski definition) is 1. The van der Waals surface area contributed by atoms with Crippen LogP contribution in [0.5, 0.6) is 0 Å². The molecule has 0 aliphatic rings. The minimum Gasteiger partial charge on any atom is -0.477 e. The Bertz CT molecular complexity index is 1680. The van der Waals surface area contributed by atoms with Crippen molar-refractivity contribution in [2.45, 2.75) is 309 Å². The highest BCUT2D eigenvalue weighted by Crippen LogP contribution is 2.17. The molecule has 0 aliphatic heterocycles. The molecule has 9 nitrogen and oxygen atoms in total. The number of carbonyl (C=O) groups is 3. The number of esters is 2. The van der Waals surface area contributed by atoms with Gasteiger partial charge in [-0.05, 0) is 96.3 Å². The van der Waals surface area contributed by atoms with E-state index in [1.807, 2.05) is 21.1 Å². The van der Waals surface area contributed by atoms with Gasteiger partial charge in [-0.15, -0.1) is 0 Å². The molecule has 0 radical (unpaired) electrons. The molecular formula is C74H130NO8+. The van der Waals surface area contributed by atoms with E-state index < -0.39 is 24.3 Å². The molecule has 0 saturated heterocycles. The van der Waals surface area contributed by atoms with E-state index in [-0.39, 0.29) is 32.2 Å². The average molecular weight is 1160 g/mol.